The molecule has 9 nitrogen and oxygen atoms in total. The molecule has 3 N–H and O–H groups in total. The van der Waals surface area contributed by atoms with Crippen LogP contribution < -0.4 is 21.9 Å². The minimum absolute atomic E-state index is 0.0145. The van der Waals surface area contributed by atoms with E-state index in [1.165, 1.54) is 16.8 Å². The summed E-state index contributed by atoms with van der Waals surface area (Å²) in [5.41, 5.74) is 0.367. The van der Waals surface area contributed by atoms with E-state index in [1.54, 1.807) is 24.3 Å². The number of anilines is 1. The normalized spacial score (nSPS) is 12.9. The topological polar surface area (TPSA) is 126 Å². The molecule has 2 heterocycles. The summed E-state index contributed by atoms with van der Waals surface area (Å²) in [6.45, 7) is -0.283. The van der Waals surface area contributed by atoms with Gasteiger partial charge in [-0.3, -0.25) is 23.9 Å². The zero-order valence-electron chi connectivity index (χ0n) is 15.8. The summed E-state index contributed by atoms with van der Waals surface area (Å²) in [6, 6.07) is 8.14. The van der Waals surface area contributed by atoms with Crippen molar-refractivity contribution in [1.29, 1.82) is 0 Å². The maximum Gasteiger partial charge on any atom is 0.330 e. The molecule has 2 aromatic heterocycles. The van der Waals surface area contributed by atoms with Gasteiger partial charge in [0.05, 0.1) is 17.5 Å². The number of hydrogen-bond acceptors (Lipinski definition) is 5. The number of benzene rings is 1. The van der Waals surface area contributed by atoms with Gasteiger partial charge in [0.1, 0.15) is 5.65 Å². The maximum atomic E-state index is 12.4. The van der Waals surface area contributed by atoms with Gasteiger partial charge in [0.2, 0.25) is 5.91 Å². The average molecular weight is 403 g/mol. The van der Waals surface area contributed by atoms with E-state index in [0.29, 0.717) is 11.3 Å². The first-order valence-electron chi connectivity index (χ1n) is 9.25. The minimum Gasteiger partial charge on any atom is -0.343 e. The number of fused-ring (bicyclic) bond motifs is 1. The molecule has 0 bridgehead atoms. The van der Waals surface area contributed by atoms with E-state index in [0.717, 1.165) is 12.8 Å². The van der Waals surface area contributed by atoms with Gasteiger partial charge in [0.25, 0.3) is 11.5 Å². The van der Waals surface area contributed by atoms with Crippen LogP contribution in [-0.4, -0.2) is 32.9 Å². The van der Waals surface area contributed by atoms with Crippen LogP contribution in [0.15, 0.2) is 46.1 Å². The highest BCUT2D eigenvalue weighted by molar-refractivity contribution is 6.00. The maximum absolute atomic E-state index is 12.4. The third kappa shape index (κ3) is 3.84. The summed E-state index contributed by atoms with van der Waals surface area (Å²) in [5.74, 6) is 1.47. The molecular formula is C21H17N5O4. The highest BCUT2D eigenvalue weighted by atomic mass is 16.2. The first-order chi connectivity index (χ1) is 14.5. The van der Waals surface area contributed by atoms with Gasteiger partial charge in [0, 0.05) is 23.5 Å². The van der Waals surface area contributed by atoms with Gasteiger partial charge in [-0.2, -0.15) is 0 Å². The molecule has 3 aromatic rings. The van der Waals surface area contributed by atoms with E-state index < -0.39 is 23.1 Å². The molecule has 30 heavy (non-hydrogen) atoms. The molecule has 1 saturated carbocycles. The van der Waals surface area contributed by atoms with Crippen LogP contribution in [0.5, 0.6) is 0 Å². The molecule has 9 heteroatoms. The summed E-state index contributed by atoms with van der Waals surface area (Å²) in [7, 11) is 0. The van der Waals surface area contributed by atoms with Gasteiger partial charge in [-0.05, 0) is 37.1 Å². The van der Waals surface area contributed by atoms with Crippen molar-refractivity contribution in [2.24, 2.45) is 0 Å². The fourth-order valence-corrected chi connectivity index (χ4v) is 3.09. The number of carbonyl (C=O) groups is 2. The Hall–Kier alpha value is -4.19. The third-order valence-electron chi connectivity index (χ3n) is 4.68. The van der Waals surface area contributed by atoms with E-state index >= 15 is 0 Å². The molecule has 2 amide bonds. The average Bonchev–Trinajstić information content (AvgIpc) is 3.57. The monoisotopic (exact) mass is 403 g/mol. The predicted octanol–water partition coefficient (Wildman–Crippen LogP) is 0.769. The molecular weight excluding hydrogens is 386 g/mol. The zero-order chi connectivity index (χ0) is 21.3. The van der Waals surface area contributed by atoms with E-state index in [1.807, 2.05) is 0 Å². The molecule has 0 aliphatic heterocycles. The van der Waals surface area contributed by atoms with Crippen molar-refractivity contribution < 1.29 is 9.59 Å². The van der Waals surface area contributed by atoms with Crippen molar-refractivity contribution in [3.63, 3.8) is 0 Å². The molecule has 1 fully saturated rings. The second-order valence-electron chi connectivity index (χ2n) is 6.91. The molecule has 1 aliphatic carbocycles. The largest absolute Gasteiger partial charge is 0.343 e. The van der Waals surface area contributed by atoms with Crippen LogP contribution in [0, 0.1) is 12.3 Å². The van der Waals surface area contributed by atoms with Gasteiger partial charge in [-0.15, -0.1) is 6.42 Å². The van der Waals surface area contributed by atoms with Crippen LogP contribution in [0.4, 0.5) is 5.69 Å². The Kier molecular flexibility index (Phi) is 4.90. The molecule has 0 radical (unpaired) electrons. The van der Waals surface area contributed by atoms with Crippen LogP contribution in [0.25, 0.3) is 11.0 Å². The molecule has 1 aromatic carbocycles. The van der Waals surface area contributed by atoms with Gasteiger partial charge in [-0.1, -0.05) is 12.0 Å². The number of nitrogens with one attached hydrogen (secondary N) is 3. The lowest BCUT2D eigenvalue weighted by Crippen LogP contribution is -2.33. The smallest absolute Gasteiger partial charge is 0.330 e. The second kappa shape index (κ2) is 7.67. The quantitative estimate of drug-likeness (QED) is 0.543. The minimum atomic E-state index is -0.611. The Morgan fingerprint density at radius 3 is 2.80 bits per heavy atom. The van der Waals surface area contributed by atoms with Gasteiger partial charge >= 0.3 is 5.69 Å². The summed E-state index contributed by atoms with van der Waals surface area (Å²) >= 11 is 0. The predicted molar refractivity (Wildman–Crippen MR) is 110 cm³/mol. The number of H-pyrrole nitrogens is 1. The number of hydrogen-bond donors (Lipinski definition) is 3. The summed E-state index contributed by atoms with van der Waals surface area (Å²) in [6.07, 6.45) is 8.29. The molecule has 0 atom stereocenters. The van der Waals surface area contributed by atoms with E-state index in [4.69, 9.17) is 6.42 Å². The number of nitrogens with zero attached hydrogens (tertiary/aromatic N) is 2. The fourth-order valence-electron chi connectivity index (χ4n) is 3.09. The molecule has 1 aliphatic rings. The highest BCUT2D eigenvalue weighted by Gasteiger charge is 2.27. The van der Waals surface area contributed by atoms with Crippen LogP contribution in [0.1, 0.15) is 34.8 Å². The fraction of sp³-hybridized carbons (Fsp3) is 0.190. The summed E-state index contributed by atoms with van der Waals surface area (Å²) < 4.78 is 1.44. The molecule has 0 spiro atoms. The lowest BCUT2D eigenvalue weighted by atomic mass is 10.2. The zero-order valence-corrected chi connectivity index (χ0v) is 15.8. The number of terminal acetylenes is 1. The number of carbonyl (C=O) groups excluding carboxylic acids is 2. The van der Waals surface area contributed by atoms with Crippen LogP contribution in [0.3, 0.4) is 0 Å². The van der Waals surface area contributed by atoms with Crippen molar-refractivity contribution in [2.75, 3.05) is 11.9 Å². The standard InChI is InChI=1S/C21H17N5O4/c1-2-12-4-3-5-14(8-12)24-17(27)11-23-19(28)13-9-16-18(22-10-13)26(15-6-7-15)21(30)25-20(16)29/h1,3-5,8-10,15H,6-7,11H2,(H,23,28)(H,24,27)(H,25,29,30). The van der Waals surface area contributed by atoms with E-state index in [2.05, 4.69) is 26.5 Å². The second-order valence-corrected chi connectivity index (χ2v) is 6.91. The number of pyridine rings is 1. The lowest BCUT2D eigenvalue weighted by molar-refractivity contribution is -0.115. The molecule has 4 rings (SSSR count). The van der Waals surface area contributed by atoms with Gasteiger partial charge in [0.15, 0.2) is 0 Å². The van der Waals surface area contributed by atoms with Crippen molar-refractivity contribution >= 4 is 28.5 Å². The van der Waals surface area contributed by atoms with E-state index in [9.17, 15) is 19.2 Å². The van der Waals surface area contributed by atoms with Gasteiger partial charge in [-0.25, -0.2) is 9.78 Å². The van der Waals surface area contributed by atoms with Crippen LogP contribution in [-0.2, 0) is 4.79 Å². The first-order valence-corrected chi connectivity index (χ1v) is 9.25. The summed E-state index contributed by atoms with van der Waals surface area (Å²) in [4.78, 5) is 55.2. The molecule has 150 valence electrons. The number of aromatic amines is 1. The Labute approximate surface area is 170 Å². The summed E-state index contributed by atoms with van der Waals surface area (Å²) in [5, 5.41) is 5.26. The Bertz CT molecular complexity index is 1330. The third-order valence-corrected chi connectivity index (χ3v) is 4.68. The van der Waals surface area contributed by atoms with E-state index in [-0.39, 0.29) is 29.2 Å². The molecule has 0 unspecified atom stereocenters. The number of aromatic nitrogens is 3. The highest BCUT2D eigenvalue weighted by Crippen LogP contribution is 2.34. The number of rotatable bonds is 5. The van der Waals surface area contributed by atoms with Crippen LogP contribution >= 0.6 is 0 Å². The van der Waals surface area contributed by atoms with Crippen LogP contribution in [0.2, 0.25) is 0 Å². The Morgan fingerprint density at radius 1 is 1.27 bits per heavy atom. The van der Waals surface area contributed by atoms with Gasteiger partial charge < -0.3 is 10.6 Å². The van der Waals surface area contributed by atoms with Crippen molar-refractivity contribution in [2.45, 2.75) is 18.9 Å². The SMILES string of the molecule is C#Cc1cccc(NC(=O)CNC(=O)c2cnc3c(c2)c(=O)[nH]c(=O)n3C2CC2)c1. The Morgan fingerprint density at radius 2 is 2.07 bits per heavy atom. The first kappa shape index (κ1) is 19.1. The van der Waals surface area contributed by atoms with Crippen molar-refractivity contribution in [1.82, 2.24) is 19.9 Å². The Balaban J connectivity index is 1.48. The number of amides is 2. The van der Waals surface area contributed by atoms with Crippen molar-refractivity contribution in [3.05, 3.63) is 68.5 Å². The lowest BCUT2D eigenvalue weighted by Gasteiger charge is -2.09. The van der Waals surface area contributed by atoms with Crippen molar-refractivity contribution in [3.8, 4) is 12.3 Å². The molecule has 0 saturated heterocycles.